The number of para-hydroxylation sites is 2. The summed E-state index contributed by atoms with van der Waals surface area (Å²) in [5.74, 6) is 0. The fourth-order valence-electron chi connectivity index (χ4n) is 16.8. The molecule has 0 unspecified atom stereocenters. The lowest BCUT2D eigenvalue weighted by Crippen LogP contribution is -2.61. The lowest BCUT2D eigenvalue weighted by atomic mass is 9.33. The van der Waals surface area contributed by atoms with Gasteiger partial charge in [-0.05, 0) is 180 Å². The van der Waals surface area contributed by atoms with Gasteiger partial charge in [0.1, 0.15) is 0 Å². The van der Waals surface area contributed by atoms with Crippen molar-refractivity contribution in [1.29, 1.82) is 0 Å². The minimum atomic E-state index is -2.59. The summed E-state index contributed by atoms with van der Waals surface area (Å²) in [5, 5.41) is 4.61. The molecule has 4 nitrogen and oxygen atoms in total. The Kier molecular flexibility index (Phi) is 13.9. The van der Waals surface area contributed by atoms with Gasteiger partial charge in [0.25, 0.3) is 6.71 Å². The van der Waals surface area contributed by atoms with Gasteiger partial charge in [0.05, 0.1) is 33.4 Å². The van der Waals surface area contributed by atoms with Crippen LogP contribution in [0.1, 0.15) is 62.3 Å². The summed E-state index contributed by atoms with van der Waals surface area (Å²) >= 11 is 0. The van der Waals surface area contributed by atoms with Crippen LogP contribution < -0.4 is 26.2 Å². The molecule has 2 aliphatic heterocycles. The van der Waals surface area contributed by atoms with Crippen molar-refractivity contribution in [3.63, 3.8) is 0 Å². The first-order chi connectivity index (χ1) is 52.0. The number of rotatable bonds is 10. The maximum Gasteiger partial charge on any atom is 0.252 e. The summed E-state index contributed by atoms with van der Waals surface area (Å²) in [4.78, 5) is 4.98. The molecule has 104 heavy (non-hydrogen) atoms. The standard InChI is InChI=1S/C99H77BN4/c1-64-54-93-95-94(55-64)104(97-83(69-38-22-12-23-39-69)60-74(99(5,6)7)61-84(97)70-40-24-13-25-41-70)92-63-76(102-88-45-29-27-43-78(88)80-51-47-72(57-90(80)102)66-32-16-9-17-33-66)49-53-86(92)100(95)85-52-48-75(101-87-44-28-26-42-77(87)79-50-46-71(56-89(79)101)65-30-14-8-15-31-65)62-91(85)103(93)96-81(67-34-18-10-19-35-67)58-73(98(2,3)4)59-82(96)68-36-20-11-21-37-68/h8-63H,1-7H3/i1D3. The van der Waals surface area contributed by atoms with E-state index in [1.54, 1.807) is 0 Å². The van der Waals surface area contributed by atoms with Crippen molar-refractivity contribution in [2.24, 2.45) is 0 Å². The lowest BCUT2D eigenvalue weighted by molar-refractivity contribution is 0.590. The minimum absolute atomic E-state index is 0.230. The molecule has 19 rings (SSSR count). The highest BCUT2D eigenvalue weighted by molar-refractivity contribution is 7.00. The van der Waals surface area contributed by atoms with Crippen LogP contribution in [0.25, 0.3) is 122 Å². The Morgan fingerprint density at radius 3 is 0.923 bits per heavy atom. The molecule has 2 aliphatic rings. The van der Waals surface area contributed by atoms with E-state index in [9.17, 15) is 4.11 Å². The van der Waals surface area contributed by atoms with Gasteiger partial charge in [0.15, 0.2) is 0 Å². The molecule has 0 amide bonds. The van der Waals surface area contributed by atoms with Crippen molar-refractivity contribution in [1.82, 2.24) is 9.13 Å². The summed E-state index contributed by atoms with van der Waals surface area (Å²) in [5.41, 5.74) is 29.7. The second kappa shape index (κ2) is 24.4. The molecule has 0 aliphatic carbocycles. The lowest BCUT2D eigenvalue weighted by Gasteiger charge is -2.46. The molecule has 0 spiro atoms. The number of aromatic nitrogens is 2. The summed E-state index contributed by atoms with van der Waals surface area (Å²) in [6.45, 7) is 10.7. The third-order valence-electron chi connectivity index (χ3n) is 21.9. The molecule has 5 heteroatoms. The molecule has 0 saturated heterocycles. The van der Waals surface area contributed by atoms with Gasteiger partial charge in [0, 0.05) is 82.0 Å². The van der Waals surface area contributed by atoms with E-state index in [2.05, 4.69) is 388 Å². The summed E-state index contributed by atoms with van der Waals surface area (Å²) in [7, 11) is 0. The fourth-order valence-corrected chi connectivity index (χ4v) is 16.8. The van der Waals surface area contributed by atoms with E-state index in [0.29, 0.717) is 0 Å². The van der Waals surface area contributed by atoms with Crippen molar-refractivity contribution < 1.29 is 4.11 Å². The van der Waals surface area contributed by atoms with Crippen molar-refractivity contribution in [2.75, 3.05) is 9.80 Å². The van der Waals surface area contributed by atoms with Gasteiger partial charge >= 0.3 is 0 Å². The highest BCUT2D eigenvalue weighted by atomic mass is 15.2. The second-order valence-electron chi connectivity index (χ2n) is 30.2. The Balaban J connectivity index is 0.993. The van der Waals surface area contributed by atoms with Gasteiger partial charge in [-0.2, -0.15) is 0 Å². The zero-order chi connectivity index (χ0) is 72.6. The molecule has 0 saturated carbocycles. The quantitative estimate of drug-likeness (QED) is 0.127. The van der Waals surface area contributed by atoms with Crippen LogP contribution in [0, 0.1) is 6.85 Å². The topological polar surface area (TPSA) is 16.3 Å². The van der Waals surface area contributed by atoms with E-state index >= 15 is 0 Å². The fraction of sp³-hybridized carbons (Fsp3) is 0.0909. The van der Waals surface area contributed by atoms with Crippen LogP contribution in [-0.2, 0) is 10.8 Å². The van der Waals surface area contributed by atoms with Gasteiger partial charge < -0.3 is 18.9 Å². The van der Waals surface area contributed by atoms with E-state index < -0.39 is 13.6 Å². The predicted molar refractivity (Wildman–Crippen MR) is 444 cm³/mol. The summed E-state index contributed by atoms with van der Waals surface area (Å²) in [6.07, 6.45) is 0. The van der Waals surface area contributed by atoms with E-state index in [0.717, 1.165) is 172 Å². The first-order valence-electron chi connectivity index (χ1n) is 37.8. The number of aryl methyl sites for hydroxylation is 1. The third-order valence-corrected chi connectivity index (χ3v) is 21.9. The Morgan fingerprint density at radius 2 is 0.587 bits per heavy atom. The minimum Gasteiger partial charge on any atom is -0.310 e. The van der Waals surface area contributed by atoms with E-state index in [1.165, 1.54) is 11.1 Å². The summed E-state index contributed by atoms with van der Waals surface area (Å²) in [6, 6.07) is 124. The molecule has 0 fully saturated rings. The Bertz CT molecular complexity index is 5870. The van der Waals surface area contributed by atoms with Crippen LogP contribution >= 0.6 is 0 Å². The zero-order valence-corrected chi connectivity index (χ0v) is 59.2. The maximum atomic E-state index is 9.97. The van der Waals surface area contributed by atoms with Gasteiger partial charge in [-0.25, -0.2) is 0 Å². The molecule has 4 heterocycles. The molecule has 0 N–H and O–H groups in total. The molecule has 0 atom stereocenters. The van der Waals surface area contributed by atoms with Crippen molar-refractivity contribution in [2.45, 2.75) is 59.2 Å². The first kappa shape index (κ1) is 59.3. The van der Waals surface area contributed by atoms with Crippen molar-refractivity contribution in [3.8, 4) is 78.1 Å². The third kappa shape index (κ3) is 10.3. The molecule has 496 valence electrons. The average Bonchev–Trinajstić information content (AvgIpc) is 1.09. The van der Waals surface area contributed by atoms with Crippen LogP contribution in [0.15, 0.2) is 340 Å². The largest absolute Gasteiger partial charge is 0.310 e. The Labute approximate surface area is 614 Å². The van der Waals surface area contributed by atoms with Gasteiger partial charge in [-0.3, -0.25) is 0 Å². The molecular weight excluding hydrogens is 1260 g/mol. The number of hydrogen-bond donors (Lipinski definition) is 0. The second-order valence-corrected chi connectivity index (χ2v) is 30.2. The van der Waals surface area contributed by atoms with Crippen molar-refractivity contribution in [3.05, 3.63) is 356 Å². The number of fused-ring (bicyclic) bond motifs is 10. The highest BCUT2D eigenvalue weighted by Gasteiger charge is 2.46. The monoisotopic (exact) mass is 1340 g/mol. The van der Waals surface area contributed by atoms with Crippen LogP contribution in [0.5, 0.6) is 0 Å². The van der Waals surface area contributed by atoms with Crippen LogP contribution in [0.3, 0.4) is 0 Å². The summed E-state index contributed by atoms with van der Waals surface area (Å²) < 4.78 is 34.8. The SMILES string of the molecule is [2H]C([2H])([2H])c1cc2c3c(c1)N(c1c(-c4ccccc4)cc(C(C)(C)C)cc1-c1ccccc1)c1cc(-n4c5ccccc5c5ccc(-c6ccccc6)cc54)ccc1B3c1ccc(-n3c4ccccc4c4ccc(-c5ccccc5)cc43)cc1N2c1c(-c2ccccc2)cc(C(C)(C)C)cc1-c1ccccc1. The van der Waals surface area contributed by atoms with Gasteiger partial charge in [-0.15, -0.1) is 0 Å². The zero-order valence-electron chi connectivity index (χ0n) is 62.2. The molecule has 0 radical (unpaired) electrons. The van der Waals surface area contributed by atoms with Crippen LogP contribution in [0.2, 0.25) is 0 Å². The molecule has 15 aromatic carbocycles. The van der Waals surface area contributed by atoms with Gasteiger partial charge in [-0.1, -0.05) is 296 Å². The molecular formula is C99H77BN4. The average molecular weight is 1340 g/mol. The number of nitrogens with zero attached hydrogens (tertiary/aromatic N) is 4. The highest BCUT2D eigenvalue weighted by Crippen LogP contribution is 2.55. The van der Waals surface area contributed by atoms with E-state index in [1.807, 2.05) is 12.1 Å². The number of hydrogen-bond acceptors (Lipinski definition) is 2. The van der Waals surface area contributed by atoms with E-state index in [-0.39, 0.29) is 16.4 Å². The Hall–Kier alpha value is -12.4. The number of anilines is 6. The normalized spacial score (nSPS) is 13.2. The van der Waals surface area contributed by atoms with Crippen LogP contribution in [0.4, 0.5) is 34.1 Å². The van der Waals surface area contributed by atoms with Crippen LogP contribution in [-0.4, -0.2) is 15.8 Å². The number of benzene rings is 15. The predicted octanol–water partition coefficient (Wildman–Crippen LogP) is 24.9. The van der Waals surface area contributed by atoms with Gasteiger partial charge in [0.2, 0.25) is 0 Å². The first-order valence-corrected chi connectivity index (χ1v) is 36.3. The molecule has 17 aromatic rings. The maximum absolute atomic E-state index is 9.97. The smallest absolute Gasteiger partial charge is 0.252 e. The molecule has 0 bridgehead atoms. The Morgan fingerprint density at radius 1 is 0.269 bits per heavy atom. The van der Waals surface area contributed by atoms with E-state index in [4.69, 9.17) is 0 Å². The van der Waals surface area contributed by atoms with Crippen molar-refractivity contribution >= 4 is 101 Å². The molecule has 2 aromatic heterocycles.